The van der Waals surface area contributed by atoms with Crippen molar-refractivity contribution in [2.75, 3.05) is 6.61 Å². The molecule has 1 amide bonds. The Kier molecular flexibility index (Phi) is 14.7. The predicted molar refractivity (Wildman–Crippen MR) is 103 cm³/mol. The number of hydrogen-bond acceptors (Lipinski definition) is 4. The highest BCUT2D eigenvalue weighted by Crippen LogP contribution is 2.27. The van der Waals surface area contributed by atoms with E-state index in [1.165, 1.54) is 38.5 Å². The molecular formula is C20H41NO4. The topological polar surface area (TPSA) is 89.6 Å². The SMILES string of the molecule is CC(C)O.CCC(=O)C1CCC1.NC(=O)CCCOC1CCCCC1.[HH]. The third kappa shape index (κ3) is 15.1. The van der Waals surface area contributed by atoms with Crippen molar-refractivity contribution in [1.82, 2.24) is 0 Å². The Labute approximate surface area is 155 Å². The van der Waals surface area contributed by atoms with Crippen molar-refractivity contribution >= 4 is 11.7 Å². The molecule has 2 rings (SSSR count). The van der Waals surface area contributed by atoms with Crippen LogP contribution in [-0.4, -0.2) is 35.6 Å². The van der Waals surface area contributed by atoms with Crippen LogP contribution in [0.15, 0.2) is 0 Å². The average molecular weight is 360 g/mol. The highest BCUT2D eigenvalue weighted by molar-refractivity contribution is 5.81. The minimum absolute atomic E-state index is 0. The molecular weight excluding hydrogens is 318 g/mol. The zero-order valence-electron chi connectivity index (χ0n) is 16.5. The Bertz CT molecular complexity index is 351. The first kappa shape index (κ1) is 24.1. The van der Waals surface area contributed by atoms with Gasteiger partial charge in [-0.3, -0.25) is 9.59 Å². The molecule has 0 aromatic heterocycles. The van der Waals surface area contributed by atoms with E-state index in [1.807, 2.05) is 6.92 Å². The van der Waals surface area contributed by atoms with Crippen molar-refractivity contribution in [2.24, 2.45) is 11.7 Å². The van der Waals surface area contributed by atoms with Gasteiger partial charge in [0.2, 0.25) is 5.91 Å². The molecule has 0 bridgehead atoms. The molecule has 2 aliphatic rings. The number of carbonyl (C=O) groups excluding carboxylic acids is 2. The highest BCUT2D eigenvalue weighted by atomic mass is 16.5. The Morgan fingerprint density at radius 3 is 2.04 bits per heavy atom. The van der Waals surface area contributed by atoms with Gasteiger partial charge in [-0.25, -0.2) is 0 Å². The van der Waals surface area contributed by atoms with Crippen LogP contribution in [0.25, 0.3) is 0 Å². The van der Waals surface area contributed by atoms with Gasteiger partial charge < -0.3 is 15.6 Å². The van der Waals surface area contributed by atoms with Crippen molar-refractivity contribution in [3.63, 3.8) is 0 Å². The van der Waals surface area contributed by atoms with Crippen molar-refractivity contribution in [2.45, 2.75) is 104 Å². The average Bonchev–Trinajstić information content (AvgIpc) is 2.51. The third-order valence-corrected chi connectivity index (χ3v) is 4.38. The number of primary amides is 1. The molecule has 150 valence electrons. The second kappa shape index (κ2) is 15.3. The minimum atomic E-state index is -0.229. The van der Waals surface area contributed by atoms with Crippen LogP contribution in [0.5, 0.6) is 0 Å². The molecule has 25 heavy (non-hydrogen) atoms. The second-order valence-electron chi connectivity index (χ2n) is 7.24. The molecule has 0 aromatic rings. The van der Waals surface area contributed by atoms with Gasteiger partial charge in [0, 0.05) is 32.9 Å². The number of aliphatic hydroxyl groups is 1. The summed E-state index contributed by atoms with van der Waals surface area (Å²) in [5, 5.41) is 8.06. The Morgan fingerprint density at radius 2 is 1.68 bits per heavy atom. The van der Waals surface area contributed by atoms with Crippen LogP contribution in [0.1, 0.15) is 92.8 Å². The first-order chi connectivity index (χ1) is 11.9. The number of carbonyl (C=O) groups is 2. The van der Waals surface area contributed by atoms with Crippen LogP contribution in [0.3, 0.4) is 0 Å². The monoisotopic (exact) mass is 359 g/mol. The summed E-state index contributed by atoms with van der Waals surface area (Å²) in [6.45, 7) is 6.08. The minimum Gasteiger partial charge on any atom is -0.394 e. The number of Topliss-reactive ketones (excluding diaryl/α,β-unsaturated/α-hetero) is 1. The van der Waals surface area contributed by atoms with E-state index in [0.29, 0.717) is 30.8 Å². The molecule has 0 saturated heterocycles. The van der Waals surface area contributed by atoms with E-state index in [4.69, 9.17) is 15.6 Å². The number of aliphatic hydroxyl groups excluding tert-OH is 1. The van der Waals surface area contributed by atoms with E-state index in [2.05, 4.69) is 0 Å². The number of ketones is 1. The molecule has 0 aliphatic heterocycles. The zero-order valence-corrected chi connectivity index (χ0v) is 16.5. The Hall–Kier alpha value is -0.940. The van der Waals surface area contributed by atoms with Crippen LogP contribution >= 0.6 is 0 Å². The molecule has 0 unspecified atom stereocenters. The van der Waals surface area contributed by atoms with Gasteiger partial charge >= 0.3 is 0 Å². The van der Waals surface area contributed by atoms with E-state index in [0.717, 1.165) is 25.7 Å². The van der Waals surface area contributed by atoms with Crippen molar-refractivity contribution in [1.29, 1.82) is 0 Å². The van der Waals surface area contributed by atoms with Crippen LogP contribution in [0.4, 0.5) is 0 Å². The van der Waals surface area contributed by atoms with Gasteiger partial charge in [-0.2, -0.15) is 0 Å². The number of amides is 1. The van der Waals surface area contributed by atoms with Gasteiger partial charge in [0.1, 0.15) is 5.78 Å². The zero-order chi connectivity index (χ0) is 19.1. The third-order valence-electron chi connectivity index (χ3n) is 4.38. The van der Waals surface area contributed by atoms with Gasteiger partial charge in [-0.05, 0) is 46.0 Å². The largest absolute Gasteiger partial charge is 0.394 e. The lowest BCUT2D eigenvalue weighted by Crippen LogP contribution is -2.20. The van der Waals surface area contributed by atoms with E-state index in [-0.39, 0.29) is 13.4 Å². The van der Waals surface area contributed by atoms with Crippen LogP contribution in [0, 0.1) is 5.92 Å². The number of nitrogens with two attached hydrogens (primary N) is 1. The fourth-order valence-electron chi connectivity index (χ4n) is 2.75. The maximum atomic E-state index is 10.8. The van der Waals surface area contributed by atoms with Gasteiger partial charge in [0.25, 0.3) is 0 Å². The number of rotatable bonds is 7. The lowest BCUT2D eigenvalue weighted by molar-refractivity contribution is -0.124. The second-order valence-corrected chi connectivity index (χ2v) is 7.24. The fraction of sp³-hybridized carbons (Fsp3) is 0.900. The summed E-state index contributed by atoms with van der Waals surface area (Å²) in [5.41, 5.74) is 5.02. The summed E-state index contributed by atoms with van der Waals surface area (Å²) < 4.78 is 5.63. The van der Waals surface area contributed by atoms with Crippen molar-refractivity contribution in [3.8, 4) is 0 Å². The summed E-state index contributed by atoms with van der Waals surface area (Å²) in [4.78, 5) is 21.2. The normalized spacial score (nSPS) is 17.6. The maximum Gasteiger partial charge on any atom is 0.217 e. The molecule has 5 nitrogen and oxygen atoms in total. The smallest absolute Gasteiger partial charge is 0.217 e. The maximum absolute atomic E-state index is 10.8. The summed E-state index contributed by atoms with van der Waals surface area (Å²) in [5.74, 6) is 0.698. The summed E-state index contributed by atoms with van der Waals surface area (Å²) in [6.07, 6.45) is 12.1. The van der Waals surface area contributed by atoms with Crippen LogP contribution < -0.4 is 5.73 Å². The lowest BCUT2D eigenvalue weighted by Gasteiger charge is -2.22. The first-order valence-electron chi connectivity index (χ1n) is 9.97. The van der Waals surface area contributed by atoms with Crippen LogP contribution in [0.2, 0.25) is 0 Å². The van der Waals surface area contributed by atoms with Gasteiger partial charge in [0.05, 0.1) is 6.10 Å². The van der Waals surface area contributed by atoms with E-state index >= 15 is 0 Å². The quantitative estimate of drug-likeness (QED) is 0.672. The molecule has 2 fully saturated rings. The number of ether oxygens (including phenoxy) is 1. The molecule has 0 atom stereocenters. The molecule has 2 aliphatic carbocycles. The van der Waals surface area contributed by atoms with Gasteiger partial charge in [0.15, 0.2) is 0 Å². The van der Waals surface area contributed by atoms with E-state index < -0.39 is 0 Å². The standard InChI is InChI=1S/C10H19NO2.C7H12O.C3H8O.H2/c11-10(12)7-4-8-13-9-5-2-1-3-6-9;1-2-7(8)6-4-3-5-6;1-3(2)4;/h9H,1-8H2,(H2,11,12);6H,2-5H2,1H3;3-4H,1-2H3;1H. The molecule has 2 saturated carbocycles. The molecule has 0 aromatic carbocycles. The van der Waals surface area contributed by atoms with E-state index in [1.54, 1.807) is 13.8 Å². The Morgan fingerprint density at radius 1 is 1.12 bits per heavy atom. The van der Waals surface area contributed by atoms with Crippen LogP contribution in [-0.2, 0) is 14.3 Å². The predicted octanol–water partition coefficient (Wildman–Crippen LogP) is 4.00. The van der Waals surface area contributed by atoms with E-state index in [9.17, 15) is 9.59 Å². The molecule has 0 spiro atoms. The summed E-state index contributed by atoms with van der Waals surface area (Å²) in [6, 6.07) is 0. The summed E-state index contributed by atoms with van der Waals surface area (Å²) in [7, 11) is 0. The molecule has 5 heteroatoms. The van der Waals surface area contributed by atoms with Gasteiger partial charge in [-0.1, -0.05) is 32.6 Å². The van der Waals surface area contributed by atoms with Gasteiger partial charge in [-0.15, -0.1) is 0 Å². The number of hydrogen-bond donors (Lipinski definition) is 2. The molecule has 0 radical (unpaired) electrons. The molecule has 3 N–H and O–H groups in total. The highest BCUT2D eigenvalue weighted by Gasteiger charge is 2.22. The van der Waals surface area contributed by atoms with Crippen molar-refractivity contribution < 1.29 is 20.9 Å². The van der Waals surface area contributed by atoms with Crippen molar-refractivity contribution in [3.05, 3.63) is 0 Å². The lowest BCUT2D eigenvalue weighted by atomic mass is 9.81. The first-order valence-corrected chi connectivity index (χ1v) is 9.97. The summed E-state index contributed by atoms with van der Waals surface area (Å²) >= 11 is 0. The molecule has 0 heterocycles. The Balaban J connectivity index is 0. The fourth-order valence-corrected chi connectivity index (χ4v) is 2.75.